The lowest BCUT2D eigenvalue weighted by molar-refractivity contribution is 0.146. The van der Waals surface area contributed by atoms with Gasteiger partial charge in [0.05, 0.1) is 12.6 Å². The van der Waals surface area contributed by atoms with Crippen molar-refractivity contribution in [2.75, 3.05) is 19.0 Å². The van der Waals surface area contributed by atoms with Gasteiger partial charge >= 0.3 is 0 Å². The van der Waals surface area contributed by atoms with Crippen LogP contribution < -0.4 is 10.1 Å². The van der Waals surface area contributed by atoms with E-state index in [4.69, 9.17) is 4.74 Å². The zero-order chi connectivity index (χ0) is 13.1. The highest BCUT2D eigenvalue weighted by Gasteiger charge is 2.13. The molecule has 0 unspecified atom stereocenters. The molecule has 1 heterocycles. The van der Waals surface area contributed by atoms with Crippen LogP contribution in [0, 0.1) is 0 Å². The fraction of sp³-hybridized carbons (Fsp3) is 0.308. The summed E-state index contributed by atoms with van der Waals surface area (Å²) in [6.07, 6.45) is -2.58. The third-order valence-electron chi connectivity index (χ3n) is 2.63. The quantitative estimate of drug-likeness (QED) is 0.902. The summed E-state index contributed by atoms with van der Waals surface area (Å²) in [5.41, 5.74) is 0.963. The molecule has 0 saturated heterocycles. The number of nitrogens with one attached hydrogen (secondary N) is 1. The van der Waals surface area contributed by atoms with Crippen LogP contribution in [0.15, 0.2) is 24.3 Å². The van der Waals surface area contributed by atoms with E-state index in [1.54, 1.807) is 25.3 Å². The minimum atomic E-state index is -2.58. The first-order chi connectivity index (χ1) is 8.65. The standard InChI is InChI=1S/C13H14F2N2O/c1-3-16-11-7-12(13(14)15)17-10-5-4-8(18-2)6-9(10)11/h4-7,13H,3H2,1-2H3,(H,16,17). The van der Waals surface area contributed by atoms with Gasteiger partial charge in [-0.05, 0) is 31.2 Å². The van der Waals surface area contributed by atoms with E-state index >= 15 is 0 Å². The summed E-state index contributed by atoms with van der Waals surface area (Å²) in [6, 6.07) is 6.56. The normalized spacial score (nSPS) is 10.9. The van der Waals surface area contributed by atoms with Gasteiger partial charge in [-0.2, -0.15) is 0 Å². The van der Waals surface area contributed by atoms with E-state index in [2.05, 4.69) is 10.3 Å². The second-order valence-corrected chi connectivity index (χ2v) is 3.81. The molecule has 2 rings (SSSR count). The molecule has 0 aliphatic heterocycles. The van der Waals surface area contributed by atoms with Crippen molar-refractivity contribution in [3.05, 3.63) is 30.0 Å². The maximum Gasteiger partial charge on any atom is 0.280 e. The third kappa shape index (κ3) is 2.34. The maximum absolute atomic E-state index is 12.7. The van der Waals surface area contributed by atoms with Crippen molar-refractivity contribution in [1.29, 1.82) is 0 Å². The number of ether oxygens (including phenoxy) is 1. The number of aromatic nitrogens is 1. The summed E-state index contributed by atoms with van der Waals surface area (Å²) < 4.78 is 30.6. The molecule has 0 fully saturated rings. The van der Waals surface area contributed by atoms with Crippen LogP contribution >= 0.6 is 0 Å². The van der Waals surface area contributed by atoms with E-state index in [0.717, 1.165) is 5.39 Å². The van der Waals surface area contributed by atoms with E-state index in [-0.39, 0.29) is 5.69 Å². The van der Waals surface area contributed by atoms with Gasteiger partial charge in [0.1, 0.15) is 11.4 Å². The summed E-state index contributed by atoms with van der Waals surface area (Å²) in [6.45, 7) is 2.56. The minimum absolute atomic E-state index is 0.219. The highest BCUT2D eigenvalue weighted by molar-refractivity contribution is 5.92. The van der Waals surface area contributed by atoms with Gasteiger partial charge in [-0.15, -0.1) is 0 Å². The Labute approximate surface area is 104 Å². The van der Waals surface area contributed by atoms with Crippen LogP contribution in [0.1, 0.15) is 19.0 Å². The largest absolute Gasteiger partial charge is 0.497 e. The first kappa shape index (κ1) is 12.5. The van der Waals surface area contributed by atoms with Gasteiger partial charge in [-0.1, -0.05) is 0 Å². The van der Waals surface area contributed by atoms with Gasteiger partial charge in [0, 0.05) is 17.6 Å². The Bertz CT molecular complexity index is 558. The predicted octanol–water partition coefficient (Wildman–Crippen LogP) is 3.61. The van der Waals surface area contributed by atoms with Gasteiger partial charge in [0.15, 0.2) is 0 Å². The molecule has 0 aliphatic rings. The van der Waals surface area contributed by atoms with E-state index in [1.807, 2.05) is 6.92 Å². The van der Waals surface area contributed by atoms with Crippen molar-refractivity contribution < 1.29 is 13.5 Å². The maximum atomic E-state index is 12.7. The first-order valence-corrected chi connectivity index (χ1v) is 5.66. The number of methoxy groups -OCH3 is 1. The molecule has 96 valence electrons. The number of nitrogens with zero attached hydrogens (tertiary/aromatic N) is 1. The smallest absolute Gasteiger partial charge is 0.280 e. The zero-order valence-electron chi connectivity index (χ0n) is 10.2. The van der Waals surface area contributed by atoms with Crippen LogP contribution in [-0.2, 0) is 0 Å². The number of fused-ring (bicyclic) bond motifs is 1. The van der Waals surface area contributed by atoms with Crippen molar-refractivity contribution in [1.82, 2.24) is 4.98 Å². The summed E-state index contributed by atoms with van der Waals surface area (Å²) in [4.78, 5) is 3.95. The zero-order valence-corrected chi connectivity index (χ0v) is 10.2. The molecule has 0 saturated carbocycles. The van der Waals surface area contributed by atoms with E-state index < -0.39 is 6.43 Å². The summed E-state index contributed by atoms with van der Waals surface area (Å²) in [5, 5.41) is 3.85. The molecular weight excluding hydrogens is 238 g/mol. The Morgan fingerprint density at radius 3 is 2.72 bits per heavy atom. The molecule has 1 N–H and O–H groups in total. The first-order valence-electron chi connectivity index (χ1n) is 5.66. The van der Waals surface area contributed by atoms with Gasteiger partial charge in [-0.25, -0.2) is 13.8 Å². The van der Waals surface area contributed by atoms with Gasteiger partial charge in [0.25, 0.3) is 6.43 Å². The number of anilines is 1. The summed E-state index contributed by atoms with van der Waals surface area (Å²) in [7, 11) is 1.56. The summed E-state index contributed by atoms with van der Waals surface area (Å²) >= 11 is 0. The van der Waals surface area contributed by atoms with Crippen molar-refractivity contribution in [2.45, 2.75) is 13.3 Å². The monoisotopic (exact) mass is 252 g/mol. The average molecular weight is 252 g/mol. The SMILES string of the molecule is CCNc1cc(C(F)F)nc2ccc(OC)cc12. The summed E-state index contributed by atoms with van der Waals surface area (Å²) in [5.74, 6) is 0.674. The van der Waals surface area contributed by atoms with Crippen molar-refractivity contribution in [3.8, 4) is 5.75 Å². The molecular formula is C13H14F2N2O. The lowest BCUT2D eigenvalue weighted by Crippen LogP contribution is -2.01. The fourth-order valence-electron chi connectivity index (χ4n) is 1.80. The number of halogens is 2. The van der Waals surface area contributed by atoms with E-state index in [0.29, 0.717) is 23.5 Å². The van der Waals surface area contributed by atoms with Crippen LogP contribution in [0.5, 0.6) is 5.75 Å². The molecule has 2 aromatic rings. The molecule has 1 aromatic carbocycles. The van der Waals surface area contributed by atoms with Gasteiger partial charge in [-0.3, -0.25) is 0 Å². The number of pyridine rings is 1. The Balaban J connectivity index is 2.64. The molecule has 0 radical (unpaired) electrons. The second kappa shape index (κ2) is 5.16. The van der Waals surface area contributed by atoms with E-state index in [9.17, 15) is 8.78 Å². The topological polar surface area (TPSA) is 34.2 Å². The number of hydrogen-bond acceptors (Lipinski definition) is 3. The molecule has 0 bridgehead atoms. The Morgan fingerprint density at radius 2 is 2.11 bits per heavy atom. The van der Waals surface area contributed by atoms with Crippen molar-refractivity contribution in [2.24, 2.45) is 0 Å². The van der Waals surface area contributed by atoms with Crippen LogP contribution in [0.4, 0.5) is 14.5 Å². The molecule has 0 spiro atoms. The van der Waals surface area contributed by atoms with Gasteiger partial charge < -0.3 is 10.1 Å². The lowest BCUT2D eigenvalue weighted by atomic mass is 10.1. The molecule has 0 aliphatic carbocycles. The lowest BCUT2D eigenvalue weighted by Gasteiger charge is -2.11. The number of alkyl halides is 2. The molecule has 5 heteroatoms. The Hall–Kier alpha value is -1.91. The molecule has 0 amide bonds. The minimum Gasteiger partial charge on any atom is -0.497 e. The third-order valence-corrected chi connectivity index (χ3v) is 2.63. The average Bonchev–Trinajstić information content (AvgIpc) is 2.38. The van der Waals surface area contributed by atoms with E-state index in [1.165, 1.54) is 6.07 Å². The highest BCUT2D eigenvalue weighted by Crippen LogP contribution is 2.30. The van der Waals surface area contributed by atoms with Crippen LogP contribution in [0.2, 0.25) is 0 Å². The molecule has 1 aromatic heterocycles. The molecule has 18 heavy (non-hydrogen) atoms. The van der Waals surface area contributed by atoms with Crippen LogP contribution in [0.25, 0.3) is 10.9 Å². The predicted molar refractivity (Wildman–Crippen MR) is 67.4 cm³/mol. The van der Waals surface area contributed by atoms with Crippen LogP contribution in [0.3, 0.4) is 0 Å². The van der Waals surface area contributed by atoms with Crippen LogP contribution in [-0.4, -0.2) is 18.6 Å². The number of benzene rings is 1. The molecule has 0 atom stereocenters. The van der Waals surface area contributed by atoms with Gasteiger partial charge in [0.2, 0.25) is 0 Å². The number of rotatable bonds is 4. The Morgan fingerprint density at radius 1 is 1.33 bits per heavy atom. The number of hydrogen-bond donors (Lipinski definition) is 1. The highest BCUT2D eigenvalue weighted by atomic mass is 19.3. The molecule has 3 nitrogen and oxygen atoms in total. The fourth-order valence-corrected chi connectivity index (χ4v) is 1.80. The second-order valence-electron chi connectivity index (χ2n) is 3.81. The Kier molecular flexibility index (Phi) is 3.60. The van der Waals surface area contributed by atoms with Crippen molar-refractivity contribution in [3.63, 3.8) is 0 Å². The van der Waals surface area contributed by atoms with Crippen molar-refractivity contribution >= 4 is 16.6 Å².